The molecule has 0 aliphatic heterocycles. The summed E-state index contributed by atoms with van der Waals surface area (Å²) in [4.78, 5) is 0. The van der Waals surface area contributed by atoms with Crippen LogP contribution in [-0.2, 0) is 6.42 Å². The molecule has 0 aliphatic carbocycles. The van der Waals surface area contributed by atoms with Gasteiger partial charge in [-0.15, -0.1) is 0 Å². The highest BCUT2D eigenvalue weighted by atomic mass is 14.3. The quantitative estimate of drug-likeness (QED) is 0.0755. The standard InChI is InChI=1S/C45H68/c1-3-5-7-9-11-13-15-17-24-36-43(41-32-25-20-26-33-41)39-44(38-40-30-22-19-23-31-40)45(42-34-27-21-28-35-42)37-29-18-16-14-12-10-8-6-4-2/h19-23,25-28,30-35,43-45H,3-18,24,29,36-39H2,1-2H3. The predicted octanol–water partition coefficient (Wildman–Crippen LogP) is 14.6. The average Bonchev–Trinajstić information content (AvgIpc) is 3.09. The molecule has 3 atom stereocenters. The Labute approximate surface area is 279 Å². The van der Waals surface area contributed by atoms with Gasteiger partial charge >= 0.3 is 0 Å². The van der Waals surface area contributed by atoms with E-state index in [1.807, 2.05) is 0 Å². The van der Waals surface area contributed by atoms with Gasteiger partial charge in [-0.3, -0.25) is 0 Å². The van der Waals surface area contributed by atoms with Gasteiger partial charge in [0, 0.05) is 0 Å². The van der Waals surface area contributed by atoms with Gasteiger partial charge in [-0.1, -0.05) is 220 Å². The van der Waals surface area contributed by atoms with Crippen molar-refractivity contribution >= 4 is 0 Å². The van der Waals surface area contributed by atoms with E-state index in [1.165, 1.54) is 147 Å². The first-order valence-corrected chi connectivity index (χ1v) is 19.5. The zero-order valence-corrected chi connectivity index (χ0v) is 29.4. The summed E-state index contributed by atoms with van der Waals surface area (Å²) in [6.07, 6.45) is 30.3. The van der Waals surface area contributed by atoms with E-state index in [4.69, 9.17) is 0 Å². The molecule has 248 valence electrons. The van der Waals surface area contributed by atoms with Gasteiger partial charge in [-0.05, 0) is 60.1 Å². The number of hydrogen-bond acceptors (Lipinski definition) is 0. The monoisotopic (exact) mass is 609 g/mol. The molecule has 0 radical (unpaired) electrons. The molecule has 0 N–H and O–H groups in total. The summed E-state index contributed by atoms with van der Waals surface area (Å²) in [5.74, 6) is 1.90. The topological polar surface area (TPSA) is 0 Å². The minimum Gasteiger partial charge on any atom is -0.0654 e. The molecule has 0 amide bonds. The van der Waals surface area contributed by atoms with Crippen LogP contribution in [-0.4, -0.2) is 0 Å². The molecule has 3 rings (SSSR count). The second-order valence-electron chi connectivity index (χ2n) is 14.0. The summed E-state index contributed by atoms with van der Waals surface area (Å²) in [5.41, 5.74) is 4.63. The van der Waals surface area contributed by atoms with Crippen molar-refractivity contribution < 1.29 is 0 Å². The third kappa shape index (κ3) is 16.2. The van der Waals surface area contributed by atoms with E-state index >= 15 is 0 Å². The van der Waals surface area contributed by atoms with Gasteiger partial charge in [0.15, 0.2) is 0 Å². The van der Waals surface area contributed by atoms with Gasteiger partial charge in [0.1, 0.15) is 0 Å². The second kappa shape index (κ2) is 24.8. The smallest absolute Gasteiger partial charge is 0.0130 e. The molecule has 45 heavy (non-hydrogen) atoms. The van der Waals surface area contributed by atoms with Crippen LogP contribution >= 0.6 is 0 Å². The first-order valence-electron chi connectivity index (χ1n) is 19.5. The Kier molecular flexibility index (Phi) is 20.5. The van der Waals surface area contributed by atoms with Gasteiger partial charge in [0.05, 0.1) is 0 Å². The van der Waals surface area contributed by atoms with Crippen molar-refractivity contribution in [1.82, 2.24) is 0 Å². The lowest BCUT2D eigenvalue weighted by molar-refractivity contribution is 0.327. The first-order chi connectivity index (χ1) is 22.3. The highest BCUT2D eigenvalue weighted by Crippen LogP contribution is 2.40. The third-order valence-corrected chi connectivity index (χ3v) is 10.3. The molecule has 0 aliphatic rings. The normalized spacial score (nSPS) is 13.5. The number of benzene rings is 3. The molecule has 0 bridgehead atoms. The Morgan fingerprint density at radius 1 is 0.400 bits per heavy atom. The van der Waals surface area contributed by atoms with Crippen LogP contribution in [0.3, 0.4) is 0 Å². The third-order valence-electron chi connectivity index (χ3n) is 10.3. The number of unbranched alkanes of at least 4 members (excludes halogenated alkanes) is 16. The molecule has 0 saturated heterocycles. The predicted molar refractivity (Wildman–Crippen MR) is 200 cm³/mol. The van der Waals surface area contributed by atoms with E-state index in [1.54, 1.807) is 11.1 Å². The maximum absolute atomic E-state index is 2.43. The summed E-state index contributed by atoms with van der Waals surface area (Å²) in [6, 6.07) is 34.5. The van der Waals surface area contributed by atoms with Crippen LogP contribution < -0.4 is 0 Å². The fraction of sp³-hybridized carbons (Fsp3) is 0.600. The minimum absolute atomic E-state index is 0.616. The number of rotatable bonds is 27. The molecule has 0 heteroatoms. The molecule has 3 aromatic rings. The Morgan fingerprint density at radius 3 is 1.29 bits per heavy atom. The molecular weight excluding hydrogens is 540 g/mol. The van der Waals surface area contributed by atoms with Gasteiger partial charge in [0.2, 0.25) is 0 Å². The van der Waals surface area contributed by atoms with E-state index in [9.17, 15) is 0 Å². The first kappa shape index (κ1) is 37.1. The van der Waals surface area contributed by atoms with E-state index in [-0.39, 0.29) is 0 Å². The van der Waals surface area contributed by atoms with Crippen LogP contribution in [0.25, 0.3) is 0 Å². The van der Waals surface area contributed by atoms with E-state index in [2.05, 4.69) is 105 Å². The van der Waals surface area contributed by atoms with Crippen LogP contribution in [0.1, 0.15) is 177 Å². The van der Waals surface area contributed by atoms with Gasteiger partial charge in [-0.2, -0.15) is 0 Å². The lowest BCUT2D eigenvalue weighted by Crippen LogP contribution is -2.20. The Hall–Kier alpha value is -2.34. The van der Waals surface area contributed by atoms with Crippen molar-refractivity contribution in [2.24, 2.45) is 5.92 Å². The van der Waals surface area contributed by atoms with Crippen LogP contribution in [0.5, 0.6) is 0 Å². The Bertz CT molecular complexity index is 1040. The highest BCUT2D eigenvalue weighted by molar-refractivity contribution is 5.25. The summed E-state index contributed by atoms with van der Waals surface area (Å²) >= 11 is 0. The fourth-order valence-corrected chi connectivity index (χ4v) is 7.57. The molecule has 0 aromatic heterocycles. The van der Waals surface area contributed by atoms with Gasteiger partial charge in [0.25, 0.3) is 0 Å². The molecule has 0 nitrogen and oxygen atoms in total. The van der Waals surface area contributed by atoms with Crippen LogP contribution in [0.2, 0.25) is 0 Å². The van der Waals surface area contributed by atoms with E-state index in [0.29, 0.717) is 17.8 Å². The van der Waals surface area contributed by atoms with Crippen molar-refractivity contribution in [1.29, 1.82) is 0 Å². The van der Waals surface area contributed by atoms with Crippen LogP contribution in [0, 0.1) is 5.92 Å². The highest BCUT2D eigenvalue weighted by Gasteiger charge is 2.27. The largest absolute Gasteiger partial charge is 0.0654 e. The van der Waals surface area contributed by atoms with Crippen molar-refractivity contribution in [3.05, 3.63) is 108 Å². The zero-order chi connectivity index (χ0) is 31.6. The van der Waals surface area contributed by atoms with E-state index in [0.717, 1.165) is 0 Å². The lowest BCUT2D eigenvalue weighted by atomic mass is 9.73. The van der Waals surface area contributed by atoms with Crippen molar-refractivity contribution in [2.45, 2.75) is 167 Å². The summed E-state index contributed by atoms with van der Waals surface area (Å²) < 4.78 is 0. The molecule has 3 aromatic carbocycles. The van der Waals surface area contributed by atoms with Crippen LogP contribution in [0.15, 0.2) is 91.0 Å². The number of hydrogen-bond donors (Lipinski definition) is 0. The SMILES string of the molecule is CCCCCCCCCCCC(CC(Cc1ccccc1)C(CCCCCCCCCCC)c1ccccc1)c1ccccc1. The fourth-order valence-electron chi connectivity index (χ4n) is 7.57. The summed E-state index contributed by atoms with van der Waals surface area (Å²) in [7, 11) is 0. The molecule has 3 unspecified atom stereocenters. The van der Waals surface area contributed by atoms with Crippen molar-refractivity contribution in [2.75, 3.05) is 0 Å². The Balaban J connectivity index is 1.68. The van der Waals surface area contributed by atoms with Gasteiger partial charge < -0.3 is 0 Å². The molecule has 0 saturated carbocycles. The second-order valence-corrected chi connectivity index (χ2v) is 14.0. The van der Waals surface area contributed by atoms with Crippen molar-refractivity contribution in [3.8, 4) is 0 Å². The summed E-state index contributed by atoms with van der Waals surface area (Å²) in [6.45, 7) is 4.63. The Morgan fingerprint density at radius 2 is 0.800 bits per heavy atom. The maximum atomic E-state index is 2.43. The maximum Gasteiger partial charge on any atom is -0.0130 e. The molecule has 0 spiro atoms. The lowest BCUT2D eigenvalue weighted by Gasteiger charge is -2.32. The molecule has 0 fully saturated rings. The average molecular weight is 609 g/mol. The molecular formula is C45H68. The summed E-state index contributed by atoms with van der Waals surface area (Å²) in [5, 5.41) is 0. The van der Waals surface area contributed by atoms with Crippen molar-refractivity contribution in [3.63, 3.8) is 0 Å². The zero-order valence-electron chi connectivity index (χ0n) is 29.4. The molecule has 0 heterocycles. The minimum atomic E-state index is 0.616. The van der Waals surface area contributed by atoms with E-state index < -0.39 is 0 Å². The van der Waals surface area contributed by atoms with Gasteiger partial charge in [-0.25, -0.2) is 0 Å². The van der Waals surface area contributed by atoms with Crippen LogP contribution in [0.4, 0.5) is 0 Å².